The quantitative estimate of drug-likeness (QED) is 0.752. The number of nitrogens with two attached hydrogens (primary N) is 1. The molecule has 0 aliphatic heterocycles. The number of phenolic OH excluding ortho intramolecular Hbond substituents is 1. The highest BCUT2D eigenvalue weighted by Gasteiger charge is 2.10. The molecule has 0 bridgehead atoms. The SMILES string of the molecule is CCn1cc(CON)c2c(O)cccc21. The van der Waals surface area contributed by atoms with Crippen LogP contribution in [0.1, 0.15) is 12.5 Å². The molecule has 0 spiro atoms. The number of aromatic hydroxyl groups is 1. The summed E-state index contributed by atoms with van der Waals surface area (Å²) < 4.78 is 2.06. The first kappa shape index (κ1) is 10.0. The molecular formula is C11H14N2O2. The fourth-order valence-electron chi connectivity index (χ4n) is 1.88. The Morgan fingerprint density at radius 1 is 1.47 bits per heavy atom. The van der Waals surface area contributed by atoms with Gasteiger partial charge in [0, 0.05) is 23.7 Å². The number of aromatic nitrogens is 1. The fraction of sp³-hybridized carbons (Fsp3) is 0.273. The largest absolute Gasteiger partial charge is 0.507 e. The fourth-order valence-corrected chi connectivity index (χ4v) is 1.88. The summed E-state index contributed by atoms with van der Waals surface area (Å²) in [5.41, 5.74) is 1.91. The summed E-state index contributed by atoms with van der Waals surface area (Å²) in [5.74, 6) is 5.33. The van der Waals surface area contributed by atoms with Crippen molar-refractivity contribution < 1.29 is 9.94 Å². The molecule has 0 atom stereocenters. The summed E-state index contributed by atoms with van der Waals surface area (Å²) in [6, 6.07) is 5.47. The Bertz CT molecular complexity index is 477. The molecule has 0 aliphatic rings. The summed E-state index contributed by atoms with van der Waals surface area (Å²) in [5, 5.41) is 10.6. The Hall–Kier alpha value is -1.52. The molecule has 80 valence electrons. The Morgan fingerprint density at radius 2 is 2.27 bits per heavy atom. The number of fused-ring (bicyclic) bond motifs is 1. The Balaban J connectivity index is 2.70. The molecule has 0 fully saturated rings. The van der Waals surface area contributed by atoms with Gasteiger partial charge < -0.3 is 9.67 Å². The molecule has 0 unspecified atom stereocenters. The van der Waals surface area contributed by atoms with Crippen molar-refractivity contribution in [3.63, 3.8) is 0 Å². The molecule has 0 amide bonds. The summed E-state index contributed by atoms with van der Waals surface area (Å²) in [4.78, 5) is 4.62. The van der Waals surface area contributed by atoms with Crippen LogP contribution in [0.25, 0.3) is 10.9 Å². The molecule has 15 heavy (non-hydrogen) atoms. The van der Waals surface area contributed by atoms with Crippen molar-refractivity contribution in [1.29, 1.82) is 0 Å². The van der Waals surface area contributed by atoms with E-state index in [0.717, 1.165) is 23.0 Å². The van der Waals surface area contributed by atoms with E-state index in [-0.39, 0.29) is 5.75 Å². The highest BCUT2D eigenvalue weighted by atomic mass is 16.6. The number of phenols is 1. The highest BCUT2D eigenvalue weighted by Crippen LogP contribution is 2.29. The maximum atomic E-state index is 9.78. The number of benzene rings is 1. The van der Waals surface area contributed by atoms with E-state index in [1.54, 1.807) is 6.07 Å². The van der Waals surface area contributed by atoms with Gasteiger partial charge in [0.1, 0.15) is 5.75 Å². The summed E-state index contributed by atoms with van der Waals surface area (Å²) in [6.45, 7) is 3.21. The third-order valence-electron chi connectivity index (χ3n) is 2.54. The lowest BCUT2D eigenvalue weighted by Gasteiger charge is -2.00. The minimum atomic E-state index is 0.270. The maximum Gasteiger partial charge on any atom is 0.125 e. The van der Waals surface area contributed by atoms with Crippen molar-refractivity contribution in [2.75, 3.05) is 0 Å². The number of hydrogen-bond donors (Lipinski definition) is 2. The van der Waals surface area contributed by atoms with Gasteiger partial charge in [-0.2, -0.15) is 0 Å². The van der Waals surface area contributed by atoms with E-state index < -0.39 is 0 Å². The normalized spacial score (nSPS) is 11.1. The Kier molecular flexibility index (Phi) is 2.62. The molecule has 1 aromatic carbocycles. The van der Waals surface area contributed by atoms with Crippen LogP contribution in [0.5, 0.6) is 5.75 Å². The van der Waals surface area contributed by atoms with E-state index in [2.05, 4.69) is 16.3 Å². The topological polar surface area (TPSA) is 60.4 Å². The summed E-state index contributed by atoms with van der Waals surface area (Å²) >= 11 is 0. The van der Waals surface area contributed by atoms with Gasteiger partial charge in [0.15, 0.2) is 0 Å². The average Bonchev–Trinajstić information content (AvgIpc) is 2.59. The molecule has 4 heteroatoms. The van der Waals surface area contributed by atoms with Crippen molar-refractivity contribution in [2.24, 2.45) is 5.90 Å². The van der Waals surface area contributed by atoms with Gasteiger partial charge >= 0.3 is 0 Å². The van der Waals surface area contributed by atoms with Crippen LogP contribution in [-0.4, -0.2) is 9.67 Å². The first-order chi connectivity index (χ1) is 7.27. The van der Waals surface area contributed by atoms with Crippen molar-refractivity contribution >= 4 is 10.9 Å². The van der Waals surface area contributed by atoms with E-state index in [1.807, 2.05) is 18.3 Å². The number of rotatable bonds is 3. The summed E-state index contributed by atoms with van der Waals surface area (Å²) in [6.07, 6.45) is 1.96. The number of hydrogen-bond acceptors (Lipinski definition) is 3. The van der Waals surface area contributed by atoms with Crippen LogP contribution in [0.4, 0.5) is 0 Å². The second-order valence-corrected chi connectivity index (χ2v) is 3.42. The zero-order valence-electron chi connectivity index (χ0n) is 8.60. The standard InChI is InChI=1S/C11H14N2O2/c1-2-13-6-8(7-15-12)11-9(13)4-3-5-10(11)14/h3-6,14H,2,7,12H2,1H3. The van der Waals surface area contributed by atoms with Crippen LogP contribution >= 0.6 is 0 Å². The Labute approximate surface area is 87.8 Å². The van der Waals surface area contributed by atoms with E-state index >= 15 is 0 Å². The third kappa shape index (κ3) is 1.58. The molecule has 2 rings (SSSR count). The van der Waals surface area contributed by atoms with Crippen LogP contribution in [0.2, 0.25) is 0 Å². The number of nitrogens with zero attached hydrogens (tertiary/aromatic N) is 1. The first-order valence-electron chi connectivity index (χ1n) is 4.89. The zero-order chi connectivity index (χ0) is 10.8. The average molecular weight is 206 g/mol. The van der Waals surface area contributed by atoms with Gasteiger partial charge in [0.2, 0.25) is 0 Å². The van der Waals surface area contributed by atoms with E-state index in [1.165, 1.54) is 0 Å². The van der Waals surface area contributed by atoms with Gasteiger partial charge in [-0.15, -0.1) is 0 Å². The minimum Gasteiger partial charge on any atom is -0.507 e. The molecule has 0 radical (unpaired) electrons. The molecular weight excluding hydrogens is 192 g/mol. The second-order valence-electron chi connectivity index (χ2n) is 3.42. The van der Waals surface area contributed by atoms with Gasteiger partial charge in [0.25, 0.3) is 0 Å². The van der Waals surface area contributed by atoms with E-state index in [9.17, 15) is 5.11 Å². The second kappa shape index (κ2) is 3.92. The monoisotopic (exact) mass is 206 g/mol. The lowest BCUT2D eigenvalue weighted by molar-refractivity contribution is 0.125. The Morgan fingerprint density at radius 3 is 2.93 bits per heavy atom. The van der Waals surface area contributed by atoms with Gasteiger partial charge in [-0.05, 0) is 19.1 Å². The first-order valence-corrected chi connectivity index (χ1v) is 4.89. The number of aryl methyl sites for hydroxylation is 1. The molecule has 0 saturated heterocycles. The van der Waals surface area contributed by atoms with Crippen LogP contribution < -0.4 is 5.90 Å². The smallest absolute Gasteiger partial charge is 0.125 e. The lowest BCUT2D eigenvalue weighted by Crippen LogP contribution is -1.98. The van der Waals surface area contributed by atoms with Crippen molar-refractivity contribution in [3.8, 4) is 5.75 Å². The zero-order valence-corrected chi connectivity index (χ0v) is 8.60. The van der Waals surface area contributed by atoms with Gasteiger partial charge in [-0.25, -0.2) is 5.90 Å². The minimum absolute atomic E-state index is 0.270. The maximum absolute atomic E-state index is 9.78. The molecule has 3 N–H and O–H groups in total. The van der Waals surface area contributed by atoms with Crippen LogP contribution in [0.15, 0.2) is 24.4 Å². The molecule has 0 saturated carbocycles. The third-order valence-corrected chi connectivity index (χ3v) is 2.54. The van der Waals surface area contributed by atoms with Crippen LogP contribution in [0.3, 0.4) is 0 Å². The molecule has 1 aromatic heterocycles. The van der Waals surface area contributed by atoms with Crippen LogP contribution in [0, 0.1) is 0 Å². The molecule has 4 nitrogen and oxygen atoms in total. The van der Waals surface area contributed by atoms with Gasteiger partial charge in [-0.3, -0.25) is 4.84 Å². The molecule has 0 aliphatic carbocycles. The van der Waals surface area contributed by atoms with Crippen molar-refractivity contribution in [1.82, 2.24) is 4.57 Å². The highest BCUT2D eigenvalue weighted by molar-refractivity contribution is 5.89. The lowest BCUT2D eigenvalue weighted by atomic mass is 10.1. The van der Waals surface area contributed by atoms with E-state index in [4.69, 9.17) is 5.90 Å². The van der Waals surface area contributed by atoms with Crippen LogP contribution in [-0.2, 0) is 18.0 Å². The molecule has 1 heterocycles. The van der Waals surface area contributed by atoms with Crippen molar-refractivity contribution in [2.45, 2.75) is 20.1 Å². The predicted octanol–water partition coefficient (Wildman–Crippen LogP) is 1.76. The predicted molar refractivity (Wildman–Crippen MR) is 58.3 cm³/mol. The van der Waals surface area contributed by atoms with Crippen molar-refractivity contribution in [3.05, 3.63) is 30.0 Å². The summed E-state index contributed by atoms with van der Waals surface area (Å²) in [7, 11) is 0. The van der Waals surface area contributed by atoms with Gasteiger partial charge in [0.05, 0.1) is 12.1 Å². The van der Waals surface area contributed by atoms with Gasteiger partial charge in [-0.1, -0.05) is 6.07 Å². The van der Waals surface area contributed by atoms with E-state index in [0.29, 0.717) is 6.61 Å². The molecule has 2 aromatic rings.